The average molecular weight is 2030 g/mol. The summed E-state index contributed by atoms with van der Waals surface area (Å²) in [6.45, 7) is -2.18. The van der Waals surface area contributed by atoms with Crippen molar-refractivity contribution in [2.75, 3.05) is 155 Å². The van der Waals surface area contributed by atoms with Crippen LogP contribution in [-0.2, 0) is 125 Å². The normalized spacial score (nSPS) is 20.2. The summed E-state index contributed by atoms with van der Waals surface area (Å²) in [4.78, 5) is 88.6. The highest BCUT2D eigenvalue weighted by molar-refractivity contribution is 5.80. The topological polar surface area (TPSA) is 652 Å². The van der Waals surface area contributed by atoms with Crippen LogP contribution in [0.4, 0.5) is 57.4 Å². The molecule has 3 fully saturated rings. The highest BCUT2D eigenvalue weighted by Gasteiger charge is 2.44. The molecule has 9 heterocycles. The Labute approximate surface area is 801 Å². The molecule has 0 spiro atoms. The quantitative estimate of drug-likeness (QED) is 0.0173. The molecule has 12 atom stereocenters. The zero-order valence-corrected chi connectivity index (χ0v) is 77.0. The Balaban J connectivity index is 0.729. The second-order valence-corrected chi connectivity index (χ2v) is 33.0. The molecule has 3 aliphatic heterocycles. The molecule has 49 nitrogen and oxygen atoms in total. The Morgan fingerprint density at radius 2 is 0.652 bits per heavy atom. The third kappa shape index (κ3) is 40.7. The minimum absolute atomic E-state index is 0.0251. The fraction of sp³-hybridized carbons (Fsp3) is 0.723. The van der Waals surface area contributed by atoms with Gasteiger partial charge in [0.05, 0.1) is 175 Å². The molecule has 3 saturated heterocycles. The molecule has 0 radical (unpaired) electrons. The number of anilines is 3. The Morgan fingerprint density at radius 1 is 0.369 bits per heavy atom. The number of halogens is 9. The molecular formula is C83H123F9N22O27. The largest absolute Gasteiger partial charge is 0.481 e. The number of carbonyl (C=O) groups excluding carboxylic acids is 4. The molecule has 0 bridgehead atoms. The van der Waals surface area contributed by atoms with Crippen LogP contribution in [0.15, 0.2) is 36.8 Å². The number of aliphatic carboxylic acids is 1. The minimum atomic E-state index is -4.93. The van der Waals surface area contributed by atoms with Gasteiger partial charge < -0.3 is 145 Å². The van der Waals surface area contributed by atoms with E-state index in [-0.39, 0.29) is 233 Å². The van der Waals surface area contributed by atoms with E-state index in [9.17, 15) is 109 Å². The van der Waals surface area contributed by atoms with Gasteiger partial charge in [0.1, 0.15) is 91.8 Å². The number of aromatic nitrogens is 15. The number of unbranched alkanes of at least 4 members (excludes halogenated alkanes) is 8. The van der Waals surface area contributed by atoms with Gasteiger partial charge in [0.2, 0.25) is 59.1 Å². The van der Waals surface area contributed by atoms with Gasteiger partial charge in [-0.2, -0.15) is 54.5 Å². The van der Waals surface area contributed by atoms with Gasteiger partial charge in [-0.15, -0.1) is 15.3 Å². The number of hydrogen-bond donors (Lipinski definition) is 17. The molecule has 9 rings (SSSR count). The van der Waals surface area contributed by atoms with Crippen LogP contribution < -0.4 is 51.4 Å². The van der Waals surface area contributed by atoms with Gasteiger partial charge >= 0.3 is 24.5 Å². The summed E-state index contributed by atoms with van der Waals surface area (Å²) in [7, 11) is 0. The summed E-state index contributed by atoms with van der Waals surface area (Å²) in [6, 6.07) is -1.76. The van der Waals surface area contributed by atoms with Crippen molar-refractivity contribution in [3.8, 4) is 17.6 Å². The number of aliphatic hydroxyl groups excluding tert-OH is 9. The predicted molar refractivity (Wildman–Crippen MR) is 464 cm³/mol. The minimum Gasteiger partial charge on any atom is -0.481 e. The van der Waals surface area contributed by atoms with Gasteiger partial charge in [0, 0.05) is 75.5 Å². The summed E-state index contributed by atoms with van der Waals surface area (Å²) >= 11 is 0. The first kappa shape index (κ1) is 114. The maximum atomic E-state index is 14.1. The number of carboxylic acid groups (broad SMARTS) is 1. The number of hydrogen-bond acceptors (Lipinski definition) is 41. The molecule has 0 saturated carbocycles. The van der Waals surface area contributed by atoms with E-state index < -0.39 is 193 Å². The molecule has 3 aliphatic rings. The number of rotatable bonds is 67. The maximum Gasteiger partial charge on any atom is 0.433 e. The van der Waals surface area contributed by atoms with Crippen LogP contribution >= 0.6 is 0 Å². The third-order valence-corrected chi connectivity index (χ3v) is 22.1. The zero-order valence-electron chi connectivity index (χ0n) is 77.0. The summed E-state index contributed by atoms with van der Waals surface area (Å²) in [5.41, 5.74) is -4.82. The Hall–Kier alpha value is -10.5. The van der Waals surface area contributed by atoms with E-state index in [0.29, 0.717) is 37.5 Å². The maximum absolute atomic E-state index is 14.1. The molecule has 141 heavy (non-hydrogen) atoms. The van der Waals surface area contributed by atoms with Crippen molar-refractivity contribution < 1.29 is 171 Å². The second-order valence-electron chi connectivity index (χ2n) is 33.0. The van der Waals surface area contributed by atoms with Crippen LogP contribution in [0.25, 0.3) is 0 Å². The summed E-state index contributed by atoms with van der Waals surface area (Å²) in [6.07, 6.45) is -16.4. The lowest BCUT2D eigenvalue weighted by Gasteiger charge is -2.37. The standard InChI is InChI=1S/C83H123F9N22O27/c84-81(85,86)60-36-67(102-77(99-60)96-54-48-136-57(42-115)74(127)71(54)124)139-45-51-39-112(109-106-51)21-27-133-33-30-130-24-18-93-63(118)12-15-80(105-66(121)10-8-6-4-2-1-3-5-7-9-11-70(122)123,16-13-64(119)94-19-25-131-31-34-134-28-22-113-40-52(107-110-113)46-140-68-37-61(82(87,88)89)100-78(103-68)97-55-49-137-58(43-116)75(128)72(55)125)17-14-65(120)95-20-26-132-32-35-135-29-23-114-41-53(108-111-114)47-141-69-38-62(83(90,91)92)101-79(104-69)98-56-50-138-59(44-117)76(129)73(56)126/h36-41,54-59,71-76,115-117,124-129H,1-35,42-50H2,(H,93,118)(H,94,119)(H,95,120)(H,105,121)(H,122,123)(H,96,99,102)(H,97,100,103)(H,98,101,104)/t54-,55-,56-,57+,58+,59+,71+,72+,73+,74-,75-,76-/m0/s1. The fourth-order valence-corrected chi connectivity index (χ4v) is 14.4. The first-order chi connectivity index (χ1) is 67.5. The molecule has 6 aromatic heterocycles. The number of nitrogens with zero attached hydrogens (tertiary/aromatic N) is 15. The number of nitrogens with one attached hydrogen (secondary N) is 7. The average Bonchev–Trinajstić information content (AvgIpc) is 1.24. The van der Waals surface area contributed by atoms with Gasteiger partial charge in [-0.05, 0) is 32.1 Å². The molecule has 0 aromatic carbocycles. The summed E-state index contributed by atoms with van der Waals surface area (Å²) in [5.74, 6) is -5.85. The van der Waals surface area contributed by atoms with Gasteiger partial charge in [-0.3, -0.25) is 24.0 Å². The van der Waals surface area contributed by atoms with Gasteiger partial charge in [0.15, 0.2) is 17.1 Å². The van der Waals surface area contributed by atoms with E-state index in [1.54, 1.807) is 0 Å². The molecule has 4 amide bonds. The number of amides is 4. The molecule has 58 heteroatoms. The second kappa shape index (κ2) is 58.9. The first-order valence-electron chi connectivity index (χ1n) is 45.8. The van der Waals surface area contributed by atoms with E-state index in [1.165, 1.54) is 32.6 Å². The predicted octanol–water partition coefficient (Wildman–Crippen LogP) is -0.275. The molecule has 17 N–H and O–H groups in total. The summed E-state index contributed by atoms with van der Waals surface area (Å²) in [5, 5.41) is 142. The van der Waals surface area contributed by atoms with E-state index in [1.807, 2.05) is 0 Å². The Bertz CT molecular complexity index is 4310. The fourth-order valence-electron chi connectivity index (χ4n) is 14.4. The van der Waals surface area contributed by atoms with Crippen LogP contribution in [0.5, 0.6) is 17.6 Å². The number of carbonyl (C=O) groups is 5. The lowest BCUT2D eigenvalue weighted by molar-refractivity contribution is -0.152. The van der Waals surface area contributed by atoms with Crippen LogP contribution in [-0.4, -0.2) is 373 Å². The molecular weight excluding hydrogens is 1910 g/mol. The summed E-state index contributed by atoms with van der Waals surface area (Å²) < 4.78 is 196. The van der Waals surface area contributed by atoms with E-state index >= 15 is 0 Å². The number of alkyl halides is 9. The van der Waals surface area contributed by atoms with Crippen molar-refractivity contribution in [3.63, 3.8) is 0 Å². The molecule has 6 aromatic rings. The van der Waals surface area contributed by atoms with Crippen molar-refractivity contribution >= 4 is 47.4 Å². The first-order valence-corrected chi connectivity index (χ1v) is 45.8. The monoisotopic (exact) mass is 2030 g/mol. The van der Waals surface area contributed by atoms with Crippen molar-refractivity contribution in [1.82, 2.24) is 96.2 Å². The van der Waals surface area contributed by atoms with Crippen molar-refractivity contribution in [3.05, 3.63) is 71.0 Å². The Kier molecular flexibility index (Phi) is 47.6. The molecule has 790 valence electrons. The van der Waals surface area contributed by atoms with Gasteiger partial charge in [0.25, 0.3) is 0 Å². The van der Waals surface area contributed by atoms with Crippen molar-refractivity contribution in [1.29, 1.82) is 0 Å². The van der Waals surface area contributed by atoms with Crippen LogP contribution in [0.3, 0.4) is 0 Å². The number of ether oxygens (including phenoxy) is 12. The van der Waals surface area contributed by atoms with Crippen LogP contribution in [0, 0.1) is 0 Å². The van der Waals surface area contributed by atoms with E-state index in [0.717, 1.165) is 38.5 Å². The van der Waals surface area contributed by atoms with Crippen molar-refractivity contribution in [2.45, 2.75) is 246 Å². The third-order valence-electron chi connectivity index (χ3n) is 22.1. The van der Waals surface area contributed by atoms with Crippen molar-refractivity contribution in [2.24, 2.45) is 0 Å². The smallest absolute Gasteiger partial charge is 0.433 e. The highest BCUT2D eigenvalue weighted by Crippen LogP contribution is 2.36. The van der Waals surface area contributed by atoms with Crippen LogP contribution in [0.2, 0.25) is 0 Å². The van der Waals surface area contributed by atoms with Crippen LogP contribution in [0.1, 0.15) is 143 Å². The van der Waals surface area contributed by atoms with Gasteiger partial charge in [-0.1, -0.05) is 60.6 Å². The SMILES string of the molecule is O=C(O)CCCCCCCCCCCC(=O)NC(CCC(=O)NCCOCCOCCn1cc(COc2cc(C(F)(F)F)nc(N[C@H]3CO[C@H](CO)[C@H](O)[C@@H]3O)n2)nn1)(CCC(=O)NCCOCCOCCn1cc(COc2cc(C(F)(F)F)nc(N[C@H]3CO[C@H](CO)[C@H](O)[C@@H]3O)n2)nn1)CCC(=O)NCCOCCOCCn1cc(COc2cc(C(F)(F)F)nc(N[C@H]3CO[C@H](CO)[C@H](O)[C@@H]3O)n2)nn1. The highest BCUT2D eigenvalue weighted by atomic mass is 19.4. The van der Waals surface area contributed by atoms with Gasteiger partial charge in [-0.25, -0.2) is 29.0 Å². The number of carboxylic acids is 1. The lowest BCUT2D eigenvalue weighted by atomic mass is 9.82. The molecule has 0 unspecified atom stereocenters. The number of aliphatic hydroxyl groups is 9. The Morgan fingerprint density at radius 3 is 0.936 bits per heavy atom. The van der Waals surface area contributed by atoms with E-state index in [2.05, 4.69) is 98.1 Å². The molecule has 0 aliphatic carbocycles. The lowest BCUT2D eigenvalue weighted by Crippen LogP contribution is -2.56. The zero-order chi connectivity index (χ0) is 102. The van der Waals surface area contributed by atoms with E-state index in [4.69, 9.17) is 61.9 Å².